The van der Waals surface area contributed by atoms with Crippen molar-refractivity contribution in [3.8, 4) is 0 Å². The fraction of sp³-hybridized carbons (Fsp3) is 0.500. The number of benzene rings is 1. The van der Waals surface area contributed by atoms with E-state index in [0.717, 1.165) is 50.4 Å². The van der Waals surface area contributed by atoms with E-state index in [9.17, 15) is 4.39 Å². The van der Waals surface area contributed by atoms with E-state index in [2.05, 4.69) is 19.8 Å². The Hall–Kier alpha value is -2.05. The minimum atomic E-state index is -0.183. The SMILES string of the molecule is CN(c1ncccn1)[C@@H]1CO[C@]2(CCCN(Cc3ccc(F)cc3)C2)C1. The fourth-order valence-corrected chi connectivity index (χ4v) is 4.16. The van der Waals surface area contributed by atoms with Gasteiger partial charge in [-0.05, 0) is 43.1 Å². The quantitative estimate of drug-likeness (QED) is 0.843. The molecule has 138 valence electrons. The number of nitrogens with zero attached hydrogens (tertiary/aromatic N) is 4. The fourth-order valence-electron chi connectivity index (χ4n) is 4.16. The van der Waals surface area contributed by atoms with Gasteiger partial charge in [-0.15, -0.1) is 0 Å². The molecule has 4 rings (SSSR count). The molecule has 2 fully saturated rings. The third-order valence-corrected chi connectivity index (χ3v) is 5.54. The number of hydrogen-bond acceptors (Lipinski definition) is 5. The molecule has 2 saturated heterocycles. The molecule has 0 aliphatic carbocycles. The molecule has 0 amide bonds. The van der Waals surface area contributed by atoms with Crippen LogP contribution in [0.4, 0.5) is 10.3 Å². The Morgan fingerprint density at radius 3 is 2.81 bits per heavy atom. The van der Waals surface area contributed by atoms with Gasteiger partial charge in [-0.25, -0.2) is 14.4 Å². The summed E-state index contributed by atoms with van der Waals surface area (Å²) in [7, 11) is 2.04. The number of piperidine rings is 1. The van der Waals surface area contributed by atoms with Gasteiger partial charge < -0.3 is 9.64 Å². The normalized spacial score (nSPS) is 26.3. The molecule has 2 aliphatic rings. The van der Waals surface area contributed by atoms with Gasteiger partial charge in [-0.2, -0.15) is 0 Å². The van der Waals surface area contributed by atoms with E-state index < -0.39 is 0 Å². The zero-order valence-corrected chi connectivity index (χ0v) is 15.1. The maximum absolute atomic E-state index is 13.1. The maximum Gasteiger partial charge on any atom is 0.225 e. The van der Waals surface area contributed by atoms with Crippen molar-refractivity contribution in [2.75, 3.05) is 31.6 Å². The van der Waals surface area contributed by atoms with Crippen LogP contribution in [0.1, 0.15) is 24.8 Å². The molecular formula is C20H25FN4O. The van der Waals surface area contributed by atoms with E-state index in [4.69, 9.17) is 4.74 Å². The van der Waals surface area contributed by atoms with Crippen molar-refractivity contribution >= 4 is 5.95 Å². The first-order valence-corrected chi connectivity index (χ1v) is 9.24. The Balaban J connectivity index is 1.40. The molecule has 1 spiro atoms. The molecule has 2 aliphatic heterocycles. The molecule has 2 aromatic rings. The first kappa shape index (κ1) is 17.4. The van der Waals surface area contributed by atoms with Crippen LogP contribution >= 0.6 is 0 Å². The van der Waals surface area contributed by atoms with E-state index in [0.29, 0.717) is 12.6 Å². The highest BCUT2D eigenvalue weighted by molar-refractivity contribution is 5.30. The summed E-state index contributed by atoms with van der Waals surface area (Å²) in [5.74, 6) is 0.564. The molecule has 2 atom stereocenters. The molecule has 0 unspecified atom stereocenters. The Morgan fingerprint density at radius 2 is 2.04 bits per heavy atom. The lowest BCUT2D eigenvalue weighted by Gasteiger charge is -2.40. The highest BCUT2D eigenvalue weighted by Gasteiger charge is 2.44. The Bertz CT molecular complexity index is 726. The first-order chi connectivity index (χ1) is 12.6. The van der Waals surface area contributed by atoms with Gasteiger partial charge in [0.2, 0.25) is 5.95 Å². The van der Waals surface area contributed by atoms with Gasteiger partial charge in [0.15, 0.2) is 0 Å². The molecule has 0 radical (unpaired) electrons. The Morgan fingerprint density at radius 1 is 1.27 bits per heavy atom. The number of anilines is 1. The minimum absolute atomic E-state index is 0.0913. The van der Waals surface area contributed by atoms with Crippen molar-refractivity contribution in [1.29, 1.82) is 0 Å². The summed E-state index contributed by atoms with van der Waals surface area (Å²) in [4.78, 5) is 13.3. The van der Waals surface area contributed by atoms with Crippen molar-refractivity contribution in [2.24, 2.45) is 0 Å². The molecule has 26 heavy (non-hydrogen) atoms. The van der Waals surface area contributed by atoms with Gasteiger partial charge in [-0.1, -0.05) is 12.1 Å². The lowest BCUT2D eigenvalue weighted by atomic mass is 9.88. The van der Waals surface area contributed by atoms with E-state index in [1.807, 2.05) is 25.2 Å². The lowest BCUT2D eigenvalue weighted by molar-refractivity contribution is -0.0533. The van der Waals surface area contributed by atoms with Crippen LogP contribution < -0.4 is 4.90 Å². The number of rotatable bonds is 4. The number of halogens is 1. The molecule has 0 saturated carbocycles. The van der Waals surface area contributed by atoms with Crippen LogP contribution in [0.25, 0.3) is 0 Å². The summed E-state index contributed by atoms with van der Waals surface area (Å²) in [5, 5.41) is 0. The standard InChI is InChI=1S/C20H25FN4O/c1-24(19-22-9-3-10-23-19)18-12-20(26-14-18)8-2-11-25(15-20)13-16-4-6-17(21)7-5-16/h3-7,9-10,18H,2,8,11-15H2,1H3/t18-,20+/m0/s1. The number of hydrogen-bond donors (Lipinski definition) is 0. The molecule has 3 heterocycles. The lowest BCUT2D eigenvalue weighted by Crippen LogP contribution is -2.48. The third kappa shape index (κ3) is 3.71. The smallest absolute Gasteiger partial charge is 0.225 e. The number of likely N-dealkylation sites (N-methyl/N-ethyl adjacent to an activating group) is 1. The summed E-state index contributed by atoms with van der Waals surface area (Å²) >= 11 is 0. The first-order valence-electron chi connectivity index (χ1n) is 9.24. The second-order valence-corrected chi connectivity index (χ2v) is 7.45. The van der Waals surface area contributed by atoms with Gasteiger partial charge in [0.05, 0.1) is 18.2 Å². The third-order valence-electron chi connectivity index (χ3n) is 5.54. The van der Waals surface area contributed by atoms with E-state index >= 15 is 0 Å². The van der Waals surface area contributed by atoms with Crippen molar-refractivity contribution in [1.82, 2.24) is 14.9 Å². The van der Waals surface area contributed by atoms with Crippen molar-refractivity contribution in [3.05, 3.63) is 54.1 Å². The van der Waals surface area contributed by atoms with Crippen LogP contribution in [0.5, 0.6) is 0 Å². The van der Waals surface area contributed by atoms with E-state index in [-0.39, 0.29) is 11.4 Å². The molecule has 1 aromatic carbocycles. The summed E-state index contributed by atoms with van der Waals surface area (Å²) in [6, 6.07) is 8.93. The van der Waals surface area contributed by atoms with Crippen LogP contribution in [-0.2, 0) is 11.3 Å². The van der Waals surface area contributed by atoms with E-state index in [1.165, 1.54) is 12.1 Å². The van der Waals surface area contributed by atoms with Crippen molar-refractivity contribution in [2.45, 2.75) is 37.5 Å². The molecule has 0 N–H and O–H groups in total. The van der Waals surface area contributed by atoms with Crippen LogP contribution in [0.15, 0.2) is 42.7 Å². The number of likely N-dealkylation sites (tertiary alicyclic amines) is 1. The topological polar surface area (TPSA) is 41.5 Å². The largest absolute Gasteiger partial charge is 0.371 e. The molecule has 1 aromatic heterocycles. The van der Waals surface area contributed by atoms with Crippen LogP contribution in [0.2, 0.25) is 0 Å². The van der Waals surface area contributed by atoms with Gasteiger partial charge in [-0.3, -0.25) is 4.90 Å². The monoisotopic (exact) mass is 356 g/mol. The van der Waals surface area contributed by atoms with E-state index in [1.54, 1.807) is 12.4 Å². The van der Waals surface area contributed by atoms with Crippen molar-refractivity contribution < 1.29 is 9.13 Å². The highest BCUT2D eigenvalue weighted by Crippen LogP contribution is 2.37. The van der Waals surface area contributed by atoms with Gasteiger partial charge >= 0.3 is 0 Å². The van der Waals surface area contributed by atoms with Crippen molar-refractivity contribution in [3.63, 3.8) is 0 Å². The second-order valence-electron chi connectivity index (χ2n) is 7.45. The van der Waals surface area contributed by atoms with Gasteiger partial charge in [0, 0.05) is 39.0 Å². The van der Waals surface area contributed by atoms with Crippen LogP contribution in [-0.4, -0.2) is 53.3 Å². The average molecular weight is 356 g/mol. The zero-order chi connectivity index (χ0) is 18.0. The summed E-state index contributed by atoms with van der Waals surface area (Å²) in [6.45, 7) is 3.53. The van der Waals surface area contributed by atoms with Crippen LogP contribution in [0.3, 0.4) is 0 Å². The predicted octanol–water partition coefficient (Wildman–Crippen LogP) is 2.88. The number of aromatic nitrogens is 2. The predicted molar refractivity (Wildman–Crippen MR) is 98.4 cm³/mol. The Kier molecular flexibility index (Phi) is 4.87. The minimum Gasteiger partial charge on any atom is -0.371 e. The molecular weight excluding hydrogens is 331 g/mol. The molecule has 6 heteroatoms. The maximum atomic E-state index is 13.1. The summed E-state index contributed by atoms with van der Waals surface area (Å²) in [5.41, 5.74) is 1.05. The highest BCUT2D eigenvalue weighted by atomic mass is 19.1. The molecule has 5 nitrogen and oxygen atoms in total. The average Bonchev–Trinajstić information content (AvgIpc) is 3.07. The second kappa shape index (κ2) is 7.29. The summed E-state index contributed by atoms with van der Waals surface area (Å²) < 4.78 is 19.4. The Labute approximate surface area is 153 Å². The van der Waals surface area contributed by atoms with Crippen LogP contribution in [0, 0.1) is 5.82 Å². The van der Waals surface area contributed by atoms with Gasteiger partial charge in [0.1, 0.15) is 5.82 Å². The van der Waals surface area contributed by atoms with Gasteiger partial charge in [0.25, 0.3) is 0 Å². The number of ether oxygens (including phenoxy) is 1. The zero-order valence-electron chi connectivity index (χ0n) is 15.1. The molecule has 0 bridgehead atoms. The summed E-state index contributed by atoms with van der Waals surface area (Å²) in [6.07, 6.45) is 6.75.